The van der Waals surface area contributed by atoms with Crippen LogP contribution in [0.1, 0.15) is 27.2 Å². The highest BCUT2D eigenvalue weighted by Gasteiger charge is 2.11. The van der Waals surface area contributed by atoms with Crippen LogP contribution in [0.25, 0.3) is 0 Å². The number of hydrogen-bond acceptors (Lipinski definition) is 5. The van der Waals surface area contributed by atoms with Crippen LogP contribution in [0.2, 0.25) is 0 Å². The van der Waals surface area contributed by atoms with E-state index in [1.54, 1.807) is 35.9 Å². The Hall–Kier alpha value is -1.95. The second-order valence-corrected chi connectivity index (χ2v) is 5.30. The van der Waals surface area contributed by atoms with Crippen LogP contribution in [-0.2, 0) is 6.54 Å². The van der Waals surface area contributed by atoms with Crippen molar-refractivity contribution < 1.29 is 4.79 Å². The standard InChI is InChI=1S/C13H16N4OS/c1-3-14-12-10(5-4-6-15-12)13(18)17-8-11-16-7-9(2)19-11/h4-7H,3,8H2,1-2H3,(H,14,15)(H,17,18). The molecule has 0 radical (unpaired) electrons. The number of nitrogens with one attached hydrogen (secondary N) is 2. The molecular weight excluding hydrogens is 260 g/mol. The highest BCUT2D eigenvalue weighted by atomic mass is 32.1. The van der Waals surface area contributed by atoms with Crippen LogP contribution in [0.4, 0.5) is 5.82 Å². The van der Waals surface area contributed by atoms with Gasteiger partial charge < -0.3 is 10.6 Å². The van der Waals surface area contributed by atoms with E-state index in [4.69, 9.17) is 0 Å². The monoisotopic (exact) mass is 276 g/mol. The molecular formula is C13H16N4OS. The Bertz CT molecular complexity index is 567. The molecule has 2 N–H and O–H groups in total. The number of anilines is 1. The second-order valence-electron chi connectivity index (χ2n) is 3.98. The Morgan fingerprint density at radius 3 is 2.95 bits per heavy atom. The van der Waals surface area contributed by atoms with E-state index in [1.807, 2.05) is 13.8 Å². The van der Waals surface area contributed by atoms with Gasteiger partial charge in [0, 0.05) is 23.8 Å². The van der Waals surface area contributed by atoms with Crippen molar-refractivity contribution in [1.82, 2.24) is 15.3 Å². The van der Waals surface area contributed by atoms with E-state index in [2.05, 4.69) is 20.6 Å². The quantitative estimate of drug-likeness (QED) is 0.878. The molecule has 2 aromatic rings. The summed E-state index contributed by atoms with van der Waals surface area (Å²) in [6.07, 6.45) is 3.47. The Labute approximate surface area is 116 Å². The van der Waals surface area contributed by atoms with Gasteiger partial charge in [0.25, 0.3) is 5.91 Å². The minimum Gasteiger partial charge on any atom is -0.370 e. The fourth-order valence-corrected chi connectivity index (χ4v) is 2.36. The van der Waals surface area contributed by atoms with Crippen LogP contribution in [0.3, 0.4) is 0 Å². The molecule has 0 spiro atoms. The number of amides is 1. The first kappa shape index (κ1) is 13.5. The Kier molecular flexibility index (Phi) is 4.46. The zero-order valence-corrected chi connectivity index (χ0v) is 11.8. The highest BCUT2D eigenvalue weighted by Crippen LogP contribution is 2.13. The van der Waals surface area contributed by atoms with Crippen molar-refractivity contribution in [3.05, 3.63) is 40.0 Å². The Morgan fingerprint density at radius 2 is 2.26 bits per heavy atom. The average Bonchev–Trinajstić information content (AvgIpc) is 2.83. The average molecular weight is 276 g/mol. The topological polar surface area (TPSA) is 66.9 Å². The first-order valence-corrected chi connectivity index (χ1v) is 6.90. The van der Waals surface area contributed by atoms with Gasteiger partial charge >= 0.3 is 0 Å². The van der Waals surface area contributed by atoms with Crippen molar-refractivity contribution >= 4 is 23.1 Å². The van der Waals surface area contributed by atoms with Crippen molar-refractivity contribution in [2.24, 2.45) is 0 Å². The molecule has 0 aromatic carbocycles. The SMILES string of the molecule is CCNc1ncccc1C(=O)NCc1ncc(C)s1. The second kappa shape index (κ2) is 6.29. The zero-order valence-electron chi connectivity index (χ0n) is 10.9. The zero-order chi connectivity index (χ0) is 13.7. The molecule has 0 fully saturated rings. The van der Waals surface area contributed by atoms with E-state index in [0.717, 1.165) is 16.4 Å². The lowest BCUT2D eigenvalue weighted by molar-refractivity contribution is 0.0951. The van der Waals surface area contributed by atoms with Gasteiger partial charge in [0.05, 0.1) is 12.1 Å². The van der Waals surface area contributed by atoms with Crippen LogP contribution in [0.15, 0.2) is 24.5 Å². The summed E-state index contributed by atoms with van der Waals surface area (Å²) >= 11 is 1.58. The van der Waals surface area contributed by atoms with Crippen molar-refractivity contribution in [3.63, 3.8) is 0 Å². The van der Waals surface area contributed by atoms with Gasteiger partial charge in [0.1, 0.15) is 10.8 Å². The Balaban J connectivity index is 2.03. The van der Waals surface area contributed by atoms with Crippen molar-refractivity contribution in [2.45, 2.75) is 20.4 Å². The van der Waals surface area contributed by atoms with Crippen molar-refractivity contribution in [1.29, 1.82) is 0 Å². The number of carbonyl (C=O) groups excluding carboxylic acids is 1. The van der Waals surface area contributed by atoms with Gasteiger partial charge in [-0.3, -0.25) is 4.79 Å². The van der Waals surface area contributed by atoms with Gasteiger partial charge in [0.2, 0.25) is 0 Å². The van der Waals surface area contributed by atoms with Gasteiger partial charge in [-0.15, -0.1) is 11.3 Å². The molecule has 19 heavy (non-hydrogen) atoms. The van der Waals surface area contributed by atoms with Gasteiger partial charge in [-0.25, -0.2) is 9.97 Å². The molecule has 0 saturated carbocycles. The fourth-order valence-electron chi connectivity index (χ4n) is 1.63. The van der Waals surface area contributed by atoms with Crippen molar-refractivity contribution in [2.75, 3.05) is 11.9 Å². The third kappa shape index (κ3) is 3.51. The van der Waals surface area contributed by atoms with Gasteiger partial charge in [0.15, 0.2) is 0 Å². The minimum absolute atomic E-state index is 0.142. The third-order valence-corrected chi connectivity index (χ3v) is 3.38. The molecule has 2 aromatic heterocycles. The lowest BCUT2D eigenvalue weighted by Gasteiger charge is -2.08. The lowest BCUT2D eigenvalue weighted by atomic mass is 10.2. The van der Waals surface area contributed by atoms with E-state index in [-0.39, 0.29) is 5.91 Å². The summed E-state index contributed by atoms with van der Waals surface area (Å²) < 4.78 is 0. The molecule has 0 bridgehead atoms. The van der Waals surface area contributed by atoms with Crippen LogP contribution in [-0.4, -0.2) is 22.4 Å². The number of pyridine rings is 1. The maximum absolute atomic E-state index is 12.1. The molecule has 0 aliphatic heterocycles. The van der Waals surface area contributed by atoms with Crippen LogP contribution in [0.5, 0.6) is 0 Å². The smallest absolute Gasteiger partial charge is 0.255 e. The summed E-state index contributed by atoms with van der Waals surface area (Å²) in [5.41, 5.74) is 0.553. The Morgan fingerprint density at radius 1 is 1.42 bits per heavy atom. The molecule has 100 valence electrons. The molecule has 5 nitrogen and oxygen atoms in total. The van der Waals surface area contributed by atoms with E-state index >= 15 is 0 Å². The van der Waals surface area contributed by atoms with Gasteiger partial charge in [-0.05, 0) is 26.0 Å². The highest BCUT2D eigenvalue weighted by molar-refractivity contribution is 7.11. The van der Waals surface area contributed by atoms with Crippen LogP contribution >= 0.6 is 11.3 Å². The number of hydrogen-bond donors (Lipinski definition) is 2. The molecule has 0 atom stereocenters. The number of nitrogens with zero attached hydrogens (tertiary/aromatic N) is 2. The largest absolute Gasteiger partial charge is 0.370 e. The van der Waals surface area contributed by atoms with Gasteiger partial charge in [-0.2, -0.15) is 0 Å². The van der Waals surface area contributed by atoms with Crippen molar-refractivity contribution in [3.8, 4) is 0 Å². The maximum atomic E-state index is 12.1. The van der Waals surface area contributed by atoms with Gasteiger partial charge in [-0.1, -0.05) is 0 Å². The number of aromatic nitrogens is 2. The number of carbonyl (C=O) groups is 1. The molecule has 1 amide bonds. The molecule has 0 unspecified atom stereocenters. The lowest BCUT2D eigenvalue weighted by Crippen LogP contribution is -2.24. The summed E-state index contributed by atoms with van der Waals surface area (Å²) in [5, 5.41) is 6.83. The summed E-state index contributed by atoms with van der Waals surface area (Å²) in [6, 6.07) is 3.51. The van der Waals surface area contributed by atoms with E-state index in [9.17, 15) is 4.79 Å². The number of thiazole rings is 1. The maximum Gasteiger partial charge on any atom is 0.255 e. The minimum atomic E-state index is -0.142. The summed E-state index contributed by atoms with van der Waals surface area (Å²) in [4.78, 5) is 21.6. The molecule has 2 rings (SSSR count). The first-order valence-electron chi connectivity index (χ1n) is 6.09. The van der Waals surface area contributed by atoms with E-state index in [0.29, 0.717) is 17.9 Å². The molecule has 0 aliphatic carbocycles. The fraction of sp³-hybridized carbons (Fsp3) is 0.308. The molecule has 0 aliphatic rings. The predicted molar refractivity (Wildman–Crippen MR) is 76.4 cm³/mol. The van der Waals surface area contributed by atoms with E-state index in [1.165, 1.54) is 0 Å². The first-order chi connectivity index (χ1) is 9.20. The summed E-state index contributed by atoms with van der Waals surface area (Å²) in [5.74, 6) is 0.467. The summed E-state index contributed by atoms with van der Waals surface area (Å²) in [7, 11) is 0. The summed E-state index contributed by atoms with van der Waals surface area (Å²) in [6.45, 7) is 5.13. The molecule has 6 heteroatoms. The normalized spacial score (nSPS) is 10.2. The van der Waals surface area contributed by atoms with Crippen LogP contribution < -0.4 is 10.6 Å². The van der Waals surface area contributed by atoms with E-state index < -0.39 is 0 Å². The number of rotatable bonds is 5. The molecule has 0 saturated heterocycles. The molecule has 2 heterocycles. The predicted octanol–water partition coefficient (Wildman–Crippen LogP) is 2.21. The number of aryl methyl sites for hydroxylation is 1. The third-order valence-electron chi connectivity index (χ3n) is 2.47. The van der Waals surface area contributed by atoms with Crippen LogP contribution in [0, 0.1) is 6.92 Å².